The molecular weight excluding hydrogens is 334 g/mol. The second-order valence-corrected chi connectivity index (χ2v) is 5.46. The Bertz CT molecular complexity index is 773. The first-order valence-electron chi connectivity index (χ1n) is 6.29. The van der Waals surface area contributed by atoms with Crippen LogP contribution < -0.4 is 15.2 Å². The summed E-state index contributed by atoms with van der Waals surface area (Å²) in [6.45, 7) is 0. The van der Waals surface area contributed by atoms with Gasteiger partial charge in [-0.15, -0.1) is 0 Å². The Labute approximate surface area is 130 Å². The van der Waals surface area contributed by atoms with Gasteiger partial charge in [-0.25, -0.2) is 4.98 Å². The normalized spacial score (nSPS) is 10.8. The molecule has 0 aliphatic heterocycles. The number of fused-ring (bicyclic) bond motifs is 1. The first kappa shape index (κ1) is 13.8. The average molecular weight is 348 g/mol. The minimum atomic E-state index is 0.644. The van der Waals surface area contributed by atoms with Gasteiger partial charge in [0.25, 0.3) is 0 Å². The molecule has 3 rings (SSSR count). The fourth-order valence-electron chi connectivity index (χ4n) is 2.20. The first-order valence-corrected chi connectivity index (χ1v) is 7.09. The number of nitrogens with two attached hydrogens (primary N) is 1. The lowest BCUT2D eigenvalue weighted by Crippen LogP contribution is -1.91. The van der Waals surface area contributed by atoms with E-state index >= 15 is 0 Å². The van der Waals surface area contributed by atoms with Gasteiger partial charge in [-0.3, -0.25) is 0 Å². The van der Waals surface area contributed by atoms with Crippen molar-refractivity contribution in [3.05, 3.63) is 34.8 Å². The lowest BCUT2D eigenvalue weighted by Gasteiger charge is -2.06. The Morgan fingerprint density at radius 3 is 2.52 bits per heavy atom. The summed E-state index contributed by atoms with van der Waals surface area (Å²) in [7, 11) is 3.21. The van der Waals surface area contributed by atoms with Crippen LogP contribution in [0.2, 0.25) is 0 Å². The summed E-state index contributed by atoms with van der Waals surface area (Å²) in [4.78, 5) is 7.84. The predicted molar refractivity (Wildman–Crippen MR) is 86.7 cm³/mol. The molecule has 0 aliphatic carbocycles. The van der Waals surface area contributed by atoms with Crippen LogP contribution in [-0.2, 0) is 0 Å². The maximum atomic E-state index is 6.03. The van der Waals surface area contributed by atoms with Crippen LogP contribution in [0.25, 0.3) is 22.4 Å². The summed E-state index contributed by atoms with van der Waals surface area (Å²) in [6, 6.07) is 9.37. The number of benzene rings is 2. The number of imidazole rings is 1. The van der Waals surface area contributed by atoms with Crippen LogP contribution in [0, 0.1) is 0 Å². The van der Waals surface area contributed by atoms with E-state index in [9.17, 15) is 0 Å². The quantitative estimate of drug-likeness (QED) is 0.710. The Hall–Kier alpha value is -2.21. The highest BCUT2D eigenvalue weighted by Crippen LogP contribution is 2.34. The van der Waals surface area contributed by atoms with Crippen LogP contribution in [0.5, 0.6) is 11.5 Å². The van der Waals surface area contributed by atoms with Crippen LogP contribution in [0.1, 0.15) is 0 Å². The van der Waals surface area contributed by atoms with Crippen LogP contribution in [0.4, 0.5) is 5.69 Å². The van der Waals surface area contributed by atoms with E-state index in [1.54, 1.807) is 14.2 Å². The SMILES string of the molecule is COc1cc2nc(-c3cc(Br)ccc3N)[nH]c2cc1OC. The molecule has 3 aromatic rings. The summed E-state index contributed by atoms with van der Waals surface area (Å²) >= 11 is 3.45. The average Bonchev–Trinajstić information content (AvgIpc) is 2.90. The number of methoxy groups -OCH3 is 2. The topological polar surface area (TPSA) is 73.2 Å². The molecule has 0 saturated carbocycles. The predicted octanol–water partition coefficient (Wildman–Crippen LogP) is 3.59. The van der Waals surface area contributed by atoms with Gasteiger partial charge in [0.15, 0.2) is 11.5 Å². The molecule has 0 atom stereocenters. The number of ether oxygens (including phenoxy) is 2. The summed E-state index contributed by atoms with van der Waals surface area (Å²) in [5, 5.41) is 0. The van der Waals surface area contributed by atoms with Crippen LogP contribution in [0.15, 0.2) is 34.8 Å². The largest absolute Gasteiger partial charge is 0.493 e. The van der Waals surface area contributed by atoms with Crippen molar-refractivity contribution in [1.29, 1.82) is 0 Å². The number of nitrogens with zero attached hydrogens (tertiary/aromatic N) is 1. The number of nitrogens with one attached hydrogen (secondary N) is 1. The van der Waals surface area contributed by atoms with Crippen molar-refractivity contribution in [2.45, 2.75) is 0 Å². The Morgan fingerprint density at radius 1 is 1.10 bits per heavy atom. The van der Waals surface area contributed by atoms with Crippen LogP contribution >= 0.6 is 15.9 Å². The summed E-state index contributed by atoms with van der Waals surface area (Å²) < 4.78 is 11.5. The Balaban J connectivity index is 2.19. The standard InChI is InChI=1S/C15H14BrN3O2/c1-20-13-6-11-12(7-14(13)21-2)19-15(18-11)9-5-8(16)3-4-10(9)17/h3-7H,17H2,1-2H3,(H,18,19). The third-order valence-corrected chi connectivity index (χ3v) is 3.75. The van der Waals surface area contributed by atoms with Crippen molar-refractivity contribution in [2.24, 2.45) is 0 Å². The molecule has 0 radical (unpaired) electrons. The highest BCUT2D eigenvalue weighted by Gasteiger charge is 2.12. The summed E-state index contributed by atoms with van der Waals surface area (Å²) in [5.74, 6) is 2.01. The molecular formula is C15H14BrN3O2. The first-order chi connectivity index (χ1) is 10.1. The second-order valence-electron chi connectivity index (χ2n) is 4.54. The van der Waals surface area contributed by atoms with Crippen molar-refractivity contribution < 1.29 is 9.47 Å². The number of aromatic nitrogens is 2. The van der Waals surface area contributed by atoms with Gasteiger partial charge in [0.2, 0.25) is 0 Å². The molecule has 3 N–H and O–H groups in total. The third kappa shape index (κ3) is 2.42. The number of H-pyrrole nitrogens is 1. The zero-order chi connectivity index (χ0) is 15.0. The van der Waals surface area contributed by atoms with E-state index in [0.717, 1.165) is 21.1 Å². The van der Waals surface area contributed by atoms with Gasteiger partial charge in [-0.1, -0.05) is 15.9 Å². The van der Waals surface area contributed by atoms with E-state index in [4.69, 9.17) is 15.2 Å². The van der Waals surface area contributed by atoms with Crippen molar-refractivity contribution in [3.63, 3.8) is 0 Å². The minimum absolute atomic E-state index is 0.644. The van der Waals surface area contributed by atoms with Gasteiger partial charge >= 0.3 is 0 Å². The van der Waals surface area contributed by atoms with E-state index in [-0.39, 0.29) is 0 Å². The number of hydrogen-bond acceptors (Lipinski definition) is 4. The number of halogens is 1. The van der Waals surface area contributed by atoms with Crippen molar-refractivity contribution in [3.8, 4) is 22.9 Å². The van der Waals surface area contributed by atoms with E-state index in [2.05, 4.69) is 25.9 Å². The fourth-order valence-corrected chi connectivity index (χ4v) is 2.56. The van der Waals surface area contributed by atoms with Gasteiger partial charge in [-0.05, 0) is 18.2 Å². The molecule has 1 aromatic heterocycles. The highest BCUT2D eigenvalue weighted by atomic mass is 79.9. The second kappa shape index (κ2) is 5.29. The van der Waals surface area contributed by atoms with Crippen molar-refractivity contribution in [2.75, 3.05) is 20.0 Å². The van der Waals surface area contributed by atoms with Crippen LogP contribution in [-0.4, -0.2) is 24.2 Å². The molecule has 0 bridgehead atoms. The Morgan fingerprint density at radius 2 is 1.81 bits per heavy atom. The number of hydrogen-bond donors (Lipinski definition) is 2. The van der Waals surface area contributed by atoms with Gasteiger partial charge in [0.05, 0.1) is 25.3 Å². The van der Waals surface area contributed by atoms with Gasteiger partial charge in [0, 0.05) is 27.9 Å². The molecule has 1 heterocycles. The molecule has 21 heavy (non-hydrogen) atoms. The molecule has 2 aromatic carbocycles. The van der Waals surface area contributed by atoms with E-state index in [1.807, 2.05) is 30.3 Å². The molecule has 6 heteroatoms. The molecule has 0 unspecified atom stereocenters. The van der Waals surface area contributed by atoms with E-state index in [0.29, 0.717) is 23.0 Å². The molecule has 5 nitrogen and oxygen atoms in total. The molecule has 0 spiro atoms. The zero-order valence-corrected chi connectivity index (χ0v) is 13.2. The molecule has 0 aliphatic rings. The van der Waals surface area contributed by atoms with Crippen molar-refractivity contribution >= 4 is 32.7 Å². The lowest BCUT2D eigenvalue weighted by atomic mass is 10.2. The smallest absolute Gasteiger partial charge is 0.163 e. The fraction of sp³-hybridized carbons (Fsp3) is 0.133. The minimum Gasteiger partial charge on any atom is -0.493 e. The van der Waals surface area contributed by atoms with Gasteiger partial charge < -0.3 is 20.2 Å². The zero-order valence-electron chi connectivity index (χ0n) is 11.6. The highest BCUT2D eigenvalue weighted by molar-refractivity contribution is 9.10. The number of rotatable bonds is 3. The van der Waals surface area contributed by atoms with Gasteiger partial charge in [-0.2, -0.15) is 0 Å². The molecule has 0 amide bonds. The Kier molecular flexibility index (Phi) is 3.47. The van der Waals surface area contributed by atoms with E-state index in [1.165, 1.54) is 0 Å². The van der Waals surface area contributed by atoms with Crippen molar-refractivity contribution in [1.82, 2.24) is 9.97 Å². The van der Waals surface area contributed by atoms with Gasteiger partial charge in [0.1, 0.15) is 5.82 Å². The number of nitrogen functional groups attached to an aromatic ring is 1. The molecule has 108 valence electrons. The monoisotopic (exact) mass is 347 g/mol. The van der Waals surface area contributed by atoms with E-state index < -0.39 is 0 Å². The maximum absolute atomic E-state index is 6.03. The molecule has 0 fully saturated rings. The summed E-state index contributed by atoms with van der Waals surface area (Å²) in [5.41, 5.74) is 9.19. The number of anilines is 1. The third-order valence-electron chi connectivity index (χ3n) is 3.26. The lowest BCUT2D eigenvalue weighted by molar-refractivity contribution is 0.356. The van der Waals surface area contributed by atoms with Crippen LogP contribution in [0.3, 0.4) is 0 Å². The number of aromatic amines is 1. The maximum Gasteiger partial charge on any atom is 0.163 e. The molecule has 0 saturated heterocycles. The summed E-state index contributed by atoms with van der Waals surface area (Å²) in [6.07, 6.45) is 0.